The van der Waals surface area contributed by atoms with Gasteiger partial charge in [0.05, 0.1) is 10.8 Å². The summed E-state index contributed by atoms with van der Waals surface area (Å²) in [6, 6.07) is 3.48. The zero-order valence-electron chi connectivity index (χ0n) is 16.2. The van der Waals surface area contributed by atoms with Crippen LogP contribution in [0.1, 0.15) is 49.2 Å². The molecule has 3 rings (SSSR count). The first-order valence-electron chi connectivity index (χ1n) is 9.70. The van der Waals surface area contributed by atoms with Crippen LogP contribution < -0.4 is 5.32 Å². The van der Waals surface area contributed by atoms with Crippen molar-refractivity contribution in [2.45, 2.75) is 45.6 Å². The molecule has 1 aromatic rings. The molecular formula is C20H26N2O5S. The zero-order valence-corrected chi connectivity index (χ0v) is 17.0. The number of amides is 3. The number of carbonyl (C=O) groups excluding carboxylic acids is 4. The normalized spacial score (nSPS) is 27.5. The second-order valence-corrected chi connectivity index (χ2v) is 8.69. The van der Waals surface area contributed by atoms with Gasteiger partial charge in [0.25, 0.3) is 11.8 Å². The Hall–Kier alpha value is -2.22. The summed E-state index contributed by atoms with van der Waals surface area (Å²) in [6.45, 7) is 4.19. The minimum absolute atomic E-state index is 0.0229. The van der Waals surface area contributed by atoms with Gasteiger partial charge >= 0.3 is 5.97 Å². The lowest BCUT2D eigenvalue weighted by molar-refractivity contribution is -0.152. The van der Waals surface area contributed by atoms with E-state index in [4.69, 9.17) is 4.74 Å². The van der Waals surface area contributed by atoms with E-state index in [1.165, 1.54) is 17.8 Å². The van der Waals surface area contributed by atoms with Crippen molar-refractivity contribution in [2.24, 2.45) is 17.8 Å². The molecule has 1 aliphatic heterocycles. The maximum atomic E-state index is 12.5. The minimum atomic E-state index is -0.678. The van der Waals surface area contributed by atoms with Gasteiger partial charge in [0.1, 0.15) is 0 Å². The fourth-order valence-corrected chi connectivity index (χ4v) is 4.71. The molecule has 4 atom stereocenters. The van der Waals surface area contributed by atoms with E-state index < -0.39 is 30.3 Å². The van der Waals surface area contributed by atoms with Crippen LogP contribution in [-0.2, 0) is 19.1 Å². The van der Waals surface area contributed by atoms with Gasteiger partial charge in [-0.3, -0.25) is 24.5 Å². The second kappa shape index (κ2) is 8.86. The van der Waals surface area contributed by atoms with Crippen LogP contribution in [0.15, 0.2) is 17.5 Å². The van der Waals surface area contributed by atoms with Gasteiger partial charge in [0.15, 0.2) is 6.61 Å². The van der Waals surface area contributed by atoms with E-state index >= 15 is 0 Å². The van der Waals surface area contributed by atoms with Gasteiger partial charge in [-0.25, -0.2) is 0 Å². The van der Waals surface area contributed by atoms with Crippen molar-refractivity contribution in [1.82, 2.24) is 10.2 Å². The summed E-state index contributed by atoms with van der Waals surface area (Å²) < 4.78 is 5.06. The van der Waals surface area contributed by atoms with E-state index in [1.807, 2.05) is 4.90 Å². The van der Waals surface area contributed by atoms with E-state index in [2.05, 4.69) is 19.2 Å². The topological polar surface area (TPSA) is 92.8 Å². The molecule has 1 saturated carbocycles. The molecule has 1 aromatic heterocycles. The number of rotatable bonds is 5. The van der Waals surface area contributed by atoms with Crippen molar-refractivity contribution in [1.29, 1.82) is 0 Å². The molecule has 152 valence electrons. The summed E-state index contributed by atoms with van der Waals surface area (Å²) in [6.07, 6.45) is 3.34. The highest BCUT2D eigenvalue weighted by molar-refractivity contribution is 7.12. The van der Waals surface area contributed by atoms with Gasteiger partial charge in [-0.15, -0.1) is 11.3 Å². The Balaban J connectivity index is 1.48. The number of nitrogens with zero attached hydrogens (tertiary/aromatic N) is 1. The highest BCUT2D eigenvalue weighted by atomic mass is 32.1. The summed E-state index contributed by atoms with van der Waals surface area (Å²) in [5, 5.41) is 3.92. The van der Waals surface area contributed by atoms with Crippen molar-refractivity contribution in [3.63, 3.8) is 0 Å². The first-order valence-corrected chi connectivity index (χ1v) is 10.6. The number of hydrogen-bond donors (Lipinski definition) is 1. The van der Waals surface area contributed by atoms with Gasteiger partial charge in [0, 0.05) is 19.0 Å². The minimum Gasteiger partial charge on any atom is -0.455 e. The third kappa shape index (κ3) is 4.60. The maximum absolute atomic E-state index is 12.5. The van der Waals surface area contributed by atoms with Crippen LogP contribution in [0.3, 0.4) is 0 Å². The zero-order chi connectivity index (χ0) is 20.3. The molecule has 3 amide bonds. The number of thiophene rings is 1. The molecule has 0 radical (unpaired) electrons. The number of ether oxygens (including phenoxy) is 1. The van der Waals surface area contributed by atoms with Gasteiger partial charge in [-0.05, 0) is 29.7 Å². The lowest BCUT2D eigenvalue weighted by atomic mass is 9.77. The van der Waals surface area contributed by atoms with Crippen LogP contribution in [0.5, 0.6) is 0 Å². The maximum Gasteiger partial charge on any atom is 0.311 e. The van der Waals surface area contributed by atoms with Crippen LogP contribution >= 0.6 is 11.3 Å². The molecule has 1 saturated heterocycles. The predicted octanol–water partition coefficient (Wildman–Crippen LogP) is 2.22. The predicted molar refractivity (Wildman–Crippen MR) is 104 cm³/mol. The second-order valence-electron chi connectivity index (χ2n) is 7.74. The van der Waals surface area contributed by atoms with Crippen LogP contribution in [0.25, 0.3) is 0 Å². The SMILES string of the molecule is C[C@@H]1[C@@H](C)CCC[C@@H]1N1C[C@H](C(=O)OCC(=O)NC(=O)c2cccs2)CC1=O. The molecule has 1 N–H and O–H groups in total. The van der Waals surface area contributed by atoms with E-state index in [0.717, 1.165) is 12.8 Å². The molecule has 8 heteroatoms. The van der Waals surface area contributed by atoms with Crippen molar-refractivity contribution in [3.8, 4) is 0 Å². The van der Waals surface area contributed by atoms with E-state index in [1.54, 1.807) is 17.5 Å². The number of likely N-dealkylation sites (tertiary alicyclic amines) is 1. The van der Waals surface area contributed by atoms with Crippen LogP contribution in [0.4, 0.5) is 0 Å². The lowest BCUT2D eigenvalue weighted by Gasteiger charge is -2.39. The Bertz CT molecular complexity index is 748. The Morgan fingerprint density at radius 2 is 2.07 bits per heavy atom. The number of esters is 1. The number of imide groups is 1. The van der Waals surface area contributed by atoms with E-state index in [0.29, 0.717) is 23.3 Å². The molecule has 0 bridgehead atoms. The number of hydrogen-bond acceptors (Lipinski definition) is 6. The standard InChI is InChI=1S/C20H26N2O5S/c1-12-5-3-6-15(13(12)2)22-10-14(9-18(22)24)20(26)27-11-17(23)21-19(25)16-7-4-8-28-16/h4,7-8,12-15H,3,5-6,9-11H2,1-2H3,(H,21,23,25)/t12-,13+,14+,15-/m0/s1. The molecule has 0 aromatic carbocycles. The molecule has 0 spiro atoms. The fourth-order valence-electron chi connectivity index (χ4n) is 4.09. The lowest BCUT2D eigenvalue weighted by Crippen LogP contribution is -2.45. The van der Waals surface area contributed by atoms with Crippen molar-refractivity contribution >= 4 is 35.0 Å². The quantitative estimate of drug-likeness (QED) is 0.757. The molecular weight excluding hydrogens is 380 g/mol. The molecule has 2 aliphatic rings. The van der Waals surface area contributed by atoms with Crippen LogP contribution in [0.2, 0.25) is 0 Å². The van der Waals surface area contributed by atoms with Crippen molar-refractivity contribution in [3.05, 3.63) is 22.4 Å². The summed E-state index contributed by atoms with van der Waals surface area (Å²) in [7, 11) is 0. The summed E-state index contributed by atoms with van der Waals surface area (Å²) in [5.74, 6) is -1.38. The molecule has 0 unspecified atom stereocenters. The highest BCUT2D eigenvalue weighted by Gasteiger charge is 2.42. The van der Waals surface area contributed by atoms with Gasteiger partial charge < -0.3 is 9.64 Å². The Labute approximate surface area is 168 Å². The first-order chi connectivity index (χ1) is 13.4. The Morgan fingerprint density at radius 1 is 1.29 bits per heavy atom. The van der Waals surface area contributed by atoms with Gasteiger partial charge in [-0.2, -0.15) is 0 Å². The smallest absolute Gasteiger partial charge is 0.311 e. The molecule has 2 heterocycles. The van der Waals surface area contributed by atoms with Crippen molar-refractivity contribution < 1.29 is 23.9 Å². The number of nitrogens with one attached hydrogen (secondary N) is 1. The summed E-state index contributed by atoms with van der Waals surface area (Å²) in [5.41, 5.74) is 0. The number of carbonyl (C=O) groups is 4. The molecule has 1 aliphatic carbocycles. The van der Waals surface area contributed by atoms with Crippen LogP contribution in [-0.4, -0.2) is 47.8 Å². The highest BCUT2D eigenvalue weighted by Crippen LogP contribution is 2.35. The first kappa shape index (κ1) is 20.5. The van der Waals surface area contributed by atoms with E-state index in [-0.39, 0.29) is 18.4 Å². The molecule has 28 heavy (non-hydrogen) atoms. The van der Waals surface area contributed by atoms with Crippen molar-refractivity contribution in [2.75, 3.05) is 13.2 Å². The van der Waals surface area contributed by atoms with E-state index in [9.17, 15) is 19.2 Å². The molecule has 2 fully saturated rings. The van der Waals surface area contributed by atoms with Gasteiger partial charge in [0.2, 0.25) is 5.91 Å². The monoisotopic (exact) mass is 406 g/mol. The average molecular weight is 407 g/mol. The third-order valence-corrected chi connectivity index (χ3v) is 6.77. The Kier molecular flexibility index (Phi) is 6.49. The summed E-state index contributed by atoms with van der Waals surface area (Å²) in [4.78, 5) is 50.7. The summed E-state index contributed by atoms with van der Waals surface area (Å²) >= 11 is 1.22. The third-order valence-electron chi connectivity index (χ3n) is 5.90. The average Bonchev–Trinajstić information content (AvgIpc) is 3.32. The van der Waals surface area contributed by atoms with Gasteiger partial charge in [-0.1, -0.05) is 32.8 Å². The largest absolute Gasteiger partial charge is 0.455 e. The molecule has 7 nitrogen and oxygen atoms in total. The fraction of sp³-hybridized carbons (Fsp3) is 0.600. The van der Waals surface area contributed by atoms with Crippen LogP contribution in [0, 0.1) is 17.8 Å². The Morgan fingerprint density at radius 3 is 2.79 bits per heavy atom.